The average molecular weight is 242 g/mol. The highest BCUT2D eigenvalue weighted by molar-refractivity contribution is 7.79. The Hall–Kier alpha value is -1.07. The molecule has 1 N–H and O–H groups in total. The lowest BCUT2D eigenvalue weighted by Gasteiger charge is -2.26. The van der Waals surface area contributed by atoms with E-state index in [1.54, 1.807) is 18.2 Å². The van der Waals surface area contributed by atoms with Gasteiger partial charge in [0.05, 0.1) is 13.2 Å². The van der Waals surface area contributed by atoms with Crippen LogP contribution in [0.4, 0.5) is 0 Å². The molecule has 1 aromatic carbocycles. The Bertz CT molecular complexity index is 401. The highest BCUT2D eigenvalue weighted by Gasteiger charge is 2.20. The van der Waals surface area contributed by atoms with Crippen molar-refractivity contribution in [1.82, 2.24) is 0 Å². The first-order valence-electron chi connectivity index (χ1n) is 5.16. The Labute approximate surface area is 96.9 Å². The molecule has 5 heteroatoms. The summed E-state index contributed by atoms with van der Waals surface area (Å²) in [5, 5.41) is 0. The zero-order valence-electron chi connectivity index (χ0n) is 9.01. The number of methoxy groups -OCH3 is 1. The van der Waals surface area contributed by atoms with Crippen LogP contribution in [-0.2, 0) is 11.1 Å². The SMILES string of the molecule is COc1cc(OC2CCC2)ccc1S(=O)O. The van der Waals surface area contributed by atoms with Crippen LogP contribution in [0.1, 0.15) is 19.3 Å². The summed E-state index contributed by atoms with van der Waals surface area (Å²) in [6.07, 6.45) is 3.65. The predicted octanol–water partition coefficient (Wildman–Crippen LogP) is 2.21. The molecule has 4 nitrogen and oxygen atoms in total. The zero-order chi connectivity index (χ0) is 11.5. The van der Waals surface area contributed by atoms with Gasteiger partial charge in [0.2, 0.25) is 0 Å². The van der Waals surface area contributed by atoms with Crippen molar-refractivity contribution >= 4 is 11.1 Å². The van der Waals surface area contributed by atoms with Crippen LogP contribution in [0.3, 0.4) is 0 Å². The summed E-state index contributed by atoms with van der Waals surface area (Å²) < 4.78 is 30.7. The van der Waals surface area contributed by atoms with Crippen LogP contribution >= 0.6 is 0 Å². The van der Waals surface area contributed by atoms with Crippen molar-refractivity contribution in [3.63, 3.8) is 0 Å². The number of hydrogen-bond donors (Lipinski definition) is 1. The molecule has 1 unspecified atom stereocenters. The molecule has 1 fully saturated rings. The van der Waals surface area contributed by atoms with Gasteiger partial charge in [0.15, 0.2) is 11.1 Å². The lowest BCUT2D eigenvalue weighted by molar-refractivity contribution is 0.120. The van der Waals surface area contributed by atoms with Crippen LogP contribution in [0.25, 0.3) is 0 Å². The Morgan fingerprint density at radius 3 is 2.69 bits per heavy atom. The Balaban J connectivity index is 2.18. The summed E-state index contributed by atoms with van der Waals surface area (Å²) in [5.74, 6) is 1.08. The smallest absolute Gasteiger partial charge is 0.190 e. The first-order valence-corrected chi connectivity index (χ1v) is 6.27. The molecule has 0 spiro atoms. The molecule has 2 rings (SSSR count). The summed E-state index contributed by atoms with van der Waals surface area (Å²) in [5.41, 5.74) is 0. The van der Waals surface area contributed by atoms with E-state index in [1.807, 2.05) is 0 Å². The molecule has 0 amide bonds. The average Bonchev–Trinajstić information content (AvgIpc) is 2.23. The molecule has 0 radical (unpaired) electrons. The third kappa shape index (κ3) is 2.36. The second-order valence-corrected chi connectivity index (χ2v) is 4.67. The lowest BCUT2D eigenvalue weighted by Crippen LogP contribution is -2.24. The Kier molecular flexibility index (Phi) is 3.46. The van der Waals surface area contributed by atoms with E-state index in [2.05, 4.69) is 0 Å². The molecule has 1 aliphatic carbocycles. The summed E-state index contributed by atoms with van der Waals surface area (Å²) in [7, 11) is 1.47. The van der Waals surface area contributed by atoms with Crippen molar-refractivity contribution in [2.24, 2.45) is 0 Å². The largest absolute Gasteiger partial charge is 0.495 e. The summed E-state index contributed by atoms with van der Waals surface area (Å²) >= 11 is -2.03. The van der Waals surface area contributed by atoms with Gasteiger partial charge in [-0.1, -0.05) is 0 Å². The molecule has 88 valence electrons. The fourth-order valence-electron chi connectivity index (χ4n) is 1.55. The van der Waals surface area contributed by atoms with E-state index in [-0.39, 0.29) is 11.0 Å². The van der Waals surface area contributed by atoms with Crippen LogP contribution in [0, 0.1) is 0 Å². The van der Waals surface area contributed by atoms with Crippen molar-refractivity contribution in [2.75, 3.05) is 7.11 Å². The quantitative estimate of drug-likeness (QED) is 0.822. The summed E-state index contributed by atoms with van der Waals surface area (Å²) in [6, 6.07) is 4.91. The zero-order valence-corrected chi connectivity index (χ0v) is 9.83. The van der Waals surface area contributed by atoms with Gasteiger partial charge in [0.25, 0.3) is 0 Å². The molecule has 0 aromatic heterocycles. The maximum absolute atomic E-state index is 11.0. The van der Waals surface area contributed by atoms with E-state index in [4.69, 9.17) is 14.0 Å². The minimum Gasteiger partial charge on any atom is -0.495 e. The van der Waals surface area contributed by atoms with E-state index in [0.29, 0.717) is 11.5 Å². The Morgan fingerprint density at radius 1 is 1.44 bits per heavy atom. The number of benzene rings is 1. The first kappa shape index (κ1) is 11.4. The highest BCUT2D eigenvalue weighted by Crippen LogP contribution is 2.30. The van der Waals surface area contributed by atoms with Gasteiger partial charge in [-0.05, 0) is 31.4 Å². The summed E-state index contributed by atoms with van der Waals surface area (Å²) in [4.78, 5) is 0.267. The van der Waals surface area contributed by atoms with Crippen LogP contribution in [0.2, 0.25) is 0 Å². The van der Waals surface area contributed by atoms with Crippen molar-refractivity contribution < 1.29 is 18.2 Å². The van der Waals surface area contributed by atoms with E-state index in [9.17, 15) is 4.21 Å². The number of ether oxygens (including phenoxy) is 2. The van der Waals surface area contributed by atoms with Crippen LogP contribution < -0.4 is 9.47 Å². The molecule has 1 aromatic rings. The molecule has 0 aliphatic heterocycles. The lowest BCUT2D eigenvalue weighted by atomic mass is 9.96. The topological polar surface area (TPSA) is 55.8 Å². The molecule has 1 atom stereocenters. The van der Waals surface area contributed by atoms with E-state index >= 15 is 0 Å². The molecular formula is C11H14O4S. The normalized spacial score (nSPS) is 17.6. The van der Waals surface area contributed by atoms with Crippen LogP contribution in [0.5, 0.6) is 11.5 Å². The molecule has 0 bridgehead atoms. The fraction of sp³-hybridized carbons (Fsp3) is 0.455. The molecular weight excluding hydrogens is 228 g/mol. The van der Waals surface area contributed by atoms with E-state index < -0.39 is 11.1 Å². The van der Waals surface area contributed by atoms with Crippen molar-refractivity contribution in [1.29, 1.82) is 0 Å². The number of rotatable bonds is 4. The maximum atomic E-state index is 11.0. The first-order chi connectivity index (χ1) is 7.70. The predicted molar refractivity (Wildman–Crippen MR) is 60.3 cm³/mol. The molecule has 16 heavy (non-hydrogen) atoms. The van der Waals surface area contributed by atoms with Gasteiger partial charge in [0.1, 0.15) is 16.4 Å². The van der Waals surface area contributed by atoms with E-state index in [1.165, 1.54) is 13.5 Å². The van der Waals surface area contributed by atoms with Gasteiger partial charge in [-0.3, -0.25) is 0 Å². The highest BCUT2D eigenvalue weighted by atomic mass is 32.2. The van der Waals surface area contributed by atoms with Gasteiger partial charge < -0.3 is 14.0 Å². The molecule has 0 saturated heterocycles. The standard InChI is InChI=1S/C11H14O4S/c1-14-10-7-9(15-8-3-2-4-8)5-6-11(10)16(12)13/h5-8H,2-4H2,1H3,(H,12,13). The van der Waals surface area contributed by atoms with Crippen LogP contribution in [-0.4, -0.2) is 22.0 Å². The van der Waals surface area contributed by atoms with Crippen LogP contribution in [0.15, 0.2) is 23.1 Å². The van der Waals surface area contributed by atoms with Gasteiger partial charge >= 0.3 is 0 Å². The second-order valence-electron chi connectivity index (χ2n) is 3.73. The minimum atomic E-state index is -2.03. The van der Waals surface area contributed by atoms with Gasteiger partial charge in [-0.25, -0.2) is 4.21 Å². The van der Waals surface area contributed by atoms with Gasteiger partial charge in [-0.15, -0.1) is 0 Å². The third-order valence-electron chi connectivity index (χ3n) is 2.68. The third-order valence-corrected chi connectivity index (χ3v) is 3.39. The van der Waals surface area contributed by atoms with Crippen molar-refractivity contribution in [3.8, 4) is 11.5 Å². The van der Waals surface area contributed by atoms with Gasteiger partial charge in [0, 0.05) is 6.07 Å². The molecule has 1 aliphatic rings. The molecule has 1 saturated carbocycles. The number of hydrogen-bond acceptors (Lipinski definition) is 3. The maximum Gasteiger partial charge on any atom is 0.190 e. The fourth-order valence-corrected chi connectivity index (χ4v) is 2.05. The Morgan fingerprint density at radius 2 is 2.19 bits per heavy atom. The van der Waals surface area contributed by atoms with Crippen molar-refractivity contribution in [3.05, 3.63) is 18.2 Å². The van der Waals surface area contributed by atoms with Crippen molar-refractivity contribution in [2.45, 2.75) is 30.3 Å². The van der Waals surface area contributed by atoms with Gasteiger partial charge in [-0.2, -0.15) is 0 Å². The monoisotopic (exact) mass is 242 g/mol. The summed E-state index contributed by atoms with van der Waals surface area (Å²) in [6.45, 7) is 0. The second kappa shape index (κ2) is 4.84. The molecule has 0 heterocycles. The van der Waals surface area contributed by atoms with E-state index in [0.717, 1.165) is 12.8 Å². The minimum absolute atomic E-state index is 0.267.